The molecular formula is C25H36BrN2P. The molecule has 1 heterocycles. The molecule has 1 N–H and O–H groups in total. The lowest BCUT2D eigenvalue weighted by Gasteiger charge is -2.28. The zero-order chi connectivity index (χ0) is 19.8. The van der Waals surface area contributed by atoms with Crippen molar-refractivity contribution < 1.29 is 17.0 Å². The third kappa shape index (κ3) is 5.92. The summed E-state index contributed by atoms with van der Waals surface area (Å²) in [7, 11) is -1.12. The molecule has 2 aromatic carbocycles. The maximum absolute atomic E-state index is 4.85. The molecule has 2 nitrogen and oxygen atoms in total. The predicted molar refractivity (Wildman–Crippen MR) is 127 cm³/mol. The molecule has 0 spiro atoms. The van der Waals surface area contributed by atoms with E-state index in [1.54, 1.807) is 5.30 Å². The van der Waals surface area contributed by atoms with E-state index in [0.29, 0.717) is 0 Å². The van der Waals surface area contributed by atoms with E-state index in [-0.39, 0.29) is 17.0 Å². The highest BCUT2D eigenvalue weighted by Crippen LogP contribution is 2.59. The summed E-state index contributed by atoms with van der Waals surface area (Å²) in [4.78, 5) is 8.37. The number of hydrogen-bond acceptors (Lipinski definition) is 1. The largest absolute Gasteiger partial charge is 1.00 e. The summed E-state index contributed by atoms with van der Waals surface area (Å²) >= 11 is 0. The molecule has 0 aliphatic carbocycles. The lowest BCUT2D eigenvalue weighted by molar-refractivity contribution is -0.00000603. The van der Waals surface area contributed by atoms with Crippen LogP contribution >= 0.6 is 7.26 Å². The molecule has 0 radical (unpaired) electrons. The third-order valence-electron chi connectivity index (χ3n) is 5.88. The van der Waals surface area contributed by atoms with Crippen LogP contribution < -0.4 is 22.3 Å². The molecule has 158 valence electrons. The van der Waals surface area contributed by atoms with Gasteiger partial charge in [-0.05, 0) is 43.5 Å². The van der Waals surface area contributed by atoms with Crippen molar-refractivity contribution in [2.45, 2.75) is 59.3 Å². The maximum atomic E-state index is 4.85. The standard InChI is InChI=1S/C25H36N2P.BrH/c1-4-7-17-28(18-8-5-2,19-9-6-3)22-14-12-13-21(20-22)25-26-23-15-10-11-16-24(23)27-25;/h10-16,20H,4-9,17-19H2,1-3H3,(H,26,27);1H/q+1;/p-1. The fourth-order valence-corrected chi connectivity index (χ4v) is 9.17. The van der Waals surface area contributed by atoms with Crippen molar-refractivity contribution in [2.24, 2.45) is 0 Å². The maximum Gasteiger partial charge on any atom is 0.138 e. The Labute approximate surface area is 188 Å². The molecule has 0 atom stereocenters. The summed E-state index contributed by atoms with van der Waals surface area (Å²) in [6, 6.07) is 17.7. The number of nitrogens with zero attached hydrogens (tertiary/aromatic N) is 1. The summed E-state index contributed by atoms with van der Waals surface area (Å²) in [6.45, 7) is 7.00. The topological polar surface area (TPSA) is 28.7 Å². The van der Waals surface area contributed by atoms with Gasteiger partial charge >= 0.3 is 0 Å². The van der Waals surface area contributed by atoms with Gasteiger partial charge in [-0.1, -0.05) is 64.3 Å². The quantitative estimate of drug-likeness (QED) is 0.412. The van der Waals surface area contributed by atoms with Crippen molar-refractivity contribution in [3.63, 3.8) is 0 Å². The lowest BCUT2D eigenvalue weighted by atomic mass is 10.2. The molecule has 0 saturated carbocycles. The summed E-state index contributed by atoms with van der Waals surface area (Å²) < 4.78 is 0. The van der Waals surface area contributed by atoms with Gasteiger partial charge in [0, 0.05) is 12.8 Å². The van der Waals surface area contributed by atoms with Crippen molar-refractivity contribution in [3.8, 4) is 11.4 Å². The SMILES string of the molecule is CCCC[P+](CCCC)(CCCC)c1cccc(-c2nc3ccccc3[nH]2)c1.[Br-]. The Morgan fingerprint density at radius 2 is 1.41 bits per heavy atom. The van der Waals surface area contributed by atoms with Crippen LogP contribution in [0.4, 0.5) is 0 Å². The molecule has 0 unspecified atom stereocenters. The molecule has 3 aromatic rings. The van der Waals surface area contributed by atoms with E-state index in [4.69, 9.17) is 4.98 Å². The minimum Gasteiger partial charge on any atom is -1.00 e. The van der Waals surface area contributed by atoms with Crippen LogP contribution in [-0.2, 0) is 0 Å². The number of aromatic nitrogens is 2. The van der Waals surface area contributed by atoms with Crippen molar-refractivity contribution in [1.29, 1.82) is 0 Å². The Balaban J connectivity index is 0.00000300. The van der Waals surface area contributed by atoms with Crippen molar-refractivity contribution >= 4 is 23.6 Å². The van der Waals surface area contributed by atoms with Crippen LogP contribution in [0.2, 0.25) is 0 Å². The number of aromatic amines is 1. The molecule has 0 fully saturated rings. The Morgan fingerprint density at radius 1 is 0.793 bits per heavy atom. The number of benzene rings is 2. The fourth-order valence-electron chi connectivity index (χ4n) is 4.14. The van der Waals surface area contributed by atoms with Crippen LogP contribution in [0, 0.1) is 0 Å². The Kier molecular flexibility index (Phi) is 9.86. The third-order valence-corrected chi connectivity index (χ3v) is 10.8. The highest BCUT2D eigenvalue weighted by atomic mass is 79.9. The number of H-pyrrole nitrogens is 1. The number of rotatable bonds is 11. The van der Waals surface area contributed by atoms with E-state index >= 15 is 0 Å². The van der Waals surface area contributed by atoms with Gasteiger partial charge in [0.1, 0.15) is 5.82 Å². The summed E-state index contributed by atoms with van der Waals surface area (Å²) in [6.07, 6.45) is 12.2. The first-order valence-electron chi connectivity index (χ1n) is 11.1. The van der Waals surface area contributed by atoms with E-state index in [9.17, 15) is 0 Å². The molecule has 4 heteroatoms. The molecule has 1 aromatic heterocycles. The average molecular weight is 475 g/mol. The minimum atomic E-state index is -1.12. The molecule has 3 rings (SSSR count). The highest BCUT2D eigenvalue weighted by molar-refractivity contribution is 7.82. The zero-order valence-electron chi connectivity index (χ0n) is 18.3. The van der Waals surface area contributed by atoms with Crippen LogP contribution in [0.5, 0.6) is 0 Å². The second-order valence-corrected chi connectivity index (χ2v) is 12.2. The van der Waals surface area contributed by atoms with Gasteiger partial charge in [-0.25, -0.2) is 4.98 Å². The van der Waals surface area contributed by atoms with Gasteiger partial charge in [-0.2, -0.15) is 0 Å². The number of para-hydroxylation sites is 2. The number of nitrogens with one attached hydrogen (secondary N) is 1. The molecule has 0 saturated heterocycles. The van der Waals surface area contributed by atoms with Gasteiger partial charge in [0.15, 0.2) is 0 Å². The van der Waals surface area contributed by atoms with E-state index in [1.165, 1.54) is 62.6 Å². The van der Waals surface area contributed by atoms with Crippen molar-refractivity contribution in [1.82, 2.24) is 9.97 Å². The molecular weight excluding hydrogens is 439 g/mol. The smallest absolute Gasteiger partial charge is 0.138 e. The van der Waals surface area contributed by atoms with E-state index in [1.807, 2.05) is 0 Å². The predicted octanol–water partition coefficient (Wildman–Crippen LogP) is 4.28. The van der Waals surface area contributed by atoms with E-state index in [2.05, 4.69) is 74.3 Å². The minimum absolute atomic E-state index is 0. The molecule has 0 aliphatic rings. The van der Waals surface area contributed by atoms with Crippen LogP contribution in [0.3, 0.4) is 0 Å². The fraction of sp³-hybridized carbons (Fsp3) is 0.480. The number of hydrogen-bond donors (Lipinski definition) is 1. The highest BCUT2D eigenvalue weighted by Gasteiger charge is 2.38. The Morgan fingerprint density at radius 3 is 2.00 bits per heavy atom. The molecule has 0 amide bonds. The number of halogens is 1. The first kappa shape index (κ1) is 24.1. The normalized spacial score (nSPS) is 11.6. The Hall–Kier alpha value is -1.18. The van der Waals surface area contributed by atoms with E-state index < -0.39 is 7.26 Å². The first-order valence-corrected chi connectivity index (χ1v) is 13.5. The van der Waals surface area contributed by atoms with Crippen LogP contribution in [0.25, 0.3) is 22.4 Å². The van der Waals surface area contributed by atoms with E-state index in [0.717, 1.165) is 16.9 Å². The molecule has 29 heavy (non-hydrogen) atoms. The second kappa shape index (κ2) is 11.9. The lowest BCUT2D eigenvalue weighted by Crippen LogP contribution is -3.00. The average Bonchev–Trinajstić information content (AvgIpc) is 3.18. The number of imidazole rings is 1. The first-order chi connectivity index (χ1) is 13.7. The van der Waals surface area contributed by atoms with Crippen LogP contribution in [0.15, 0.2) is 48.5 Å². The summed E-state index contributed by atoms with van der Waals surface area (Å²) in [5, 5.41) is 1.63. The van der Waals surface area contributed by atoms with Gasteiger partial charge < -0.3 is 22.0 Å². The van der Waals surface area contributed by atoms with Gasteiger partial charge in [-0.3, -0.25) is 0 Å². The van der Waals surface area contributed by atoms with Crippen LogP contribution in [0.1, 0.15) is 59.3 Å². The summed E-state index contributed by atoms with van der Waals surface area (Å²) in [5.74, 6) is 1.00. The Bertz CT molecular complexity index is 819. The zero-order valence-corrected chi connectivity index (χ0v) is 20.7. The van der Waals surface area contributed by atoms with Crippen molar-refractivity contribution in [3.05, 3.63) is 48.5 Å². The summed E-state index contributed by atoms with van der Waals surface area (Å²) in [5.41, 5.74) is 3.40. The number of unbranched alkanes of at least 4 members (excludes halogenated alkanes) is 3. The van der Waals surface area contributed by atoms with Gasteiger partial charge in [0.05, 0.1) is 34.8 Å². The monoisotopic (exact) mass is 474 g/mol. The van der Waals surface area contributed by atoms with Gasteiger partial charge in [-0.15, -0.1) is 0 Å². The molecule has 0 bridgehead atoms. The second-order valence-electron chi connectivity index (χ2n) is 8.03. The van der Waals surface area contributed by atoms with Gasteiger partial charge in [0.25, 0.3) is 0 Å². The van der Waals surface area contributed by atoms with Crippen LogP contribution in [-0.4, -0.2) is 28.5 Å². The molecule has 0 aliphatic heterocycles. The van der Waals surface area contributed by atoms with Crippen molar-refractivity contribution in [2.75, 3.05) is 18.5 Å². The number of fused-ring (bicyclic) bond motifs is 1. The van der Waals surface area contributed by atoms with Gasteiger partial charge in [0.2, 0.25) is 0 Å².